The van der Waals surface area contributed by atoms with E-state index in [1.54, 1.807) is 0 Å². The summed E-state index contributed by atoms with van der Waals surface area (Å²) in [7, 11) is 0. The molecule has 1 N–H and O–H groups in total. The Bertz CT molecular complexity index is 476. The number of hydrogen-bond donors (Lipinski definition) is 1. The van der Waals surface area contributed by atoms with Crippen molar-refractivity contribution in [3.05, 3.63) is 70.7 Å². The Balaban J connectivity index is 2.19. The highest BCUT2D eigenvalue weighted by molar-refractivity contribution is 6.30. The van der Waals surface area contributed by atoms with Gasteiger partial charge in [0.05, 0.1) is 6.10 Å². The molecule has 2 aromatic rings. The molecule has 0 aliphatic rings. The van der Waals surface area contributed by atoms with Crippen LogP contribution in [0.25, 0.3) is 0 Å². The first-order valence-electron chi connectivity index (χ1n) is 6.14. The minimum atomic E-state index is -0.372. The highest BCUT2D eigenvalue weighted by atomic mass is 35.5. The summed E-state index contributed by atoms with van der Waals surface area (Å²) in [5.41, 5.74) is 2.36. The fourth-order valence-corrected chi connectivity index (χ4v) is 2.27. The van der Waals surface area contributed by atoms with E-state index in [0.717, 1.165) is 11.4 Å². The van der Waals surface area contributed by atoms with Gasteiger partial charge in [-0.15, -0.1) is 0 Å². The van der Waals surface area contributed by atoms with E-state index in [2.05, 4.69) is 12.1 Å². The minimum Gasteiger partial charge on any atom is -0.393 e. The quantitative estimate of drug-likeness (QED) is 0.879. The molecular weight excluding hydrogens is 244 g/mol. The van der Waals surface area contributed by atoms with Crippen LogP contribution in [0.1, 0.15) is 24.0 Å². The number of benzene rings is 2. The van der Waals surface area contributed by atoms with Crippen molar-refractivity contribution in [3.63, 3.8) is 0 Å². The summed E-state index contributed by atoms with van der Waals surface area (Å²) in [6, 6.07) is 17.9. The molecule has 94 valence electrons. The van der Waals surface area contributed by atoms with Gasteiger partial charge in [-0.1, -0.05) is 54.1 Å². The number of aliphatic hydroxyl groups is 1. The second-order valence-electron chi connectivity index (χ2n) is 4.59. The molecule has 0 amide bonds. The van der Waals surface area contributed by atoms with Gasteiger partial charge < -0.3 is 5.11 Å². The van der Waals surface area contributed by atoms with Crippen LogP contribution in [0.3, 0.4) is 0 Å². The number of aliphatic hydroxyl groups excluding tert-OH is 1. The van der Waals surface area contributed by atoms with Crippen LogP contribution in [0.4, 0.5) is 0 Å². The number of rotatable bonds is 4. The Labute approximate surface area is 113 Å². The van der Waals surface area contributed by atoms with Crippen LogP contribution in [0, 0.1) is 0 Å². The zero-order valence-corrected chi connectivity index (χ0v) is 11.1. The first kappa shape index (κ1) is 13.1. The fourth-order valence-electron chi connectivity index (χ4n) is 2.14. The number of hydrogen-bond acceptors (Lipinski definition) is 1. The third-order valence-corrected chi connectivity index (χ3v) is 3.43. The van der Waals surface area contributed by atoms with Gasteiger partial charge in [-0.3, -0.25) is 0 Å². The topological polar surface area (TPSA) is 20.2 Å². The lowest BCUT2D eigenvalue weighted by atomic mass is 9.88. The average Bonchev–Trinajstić information content (AvgIpc) is 2.38. The maximum absolute atomic E-state index is 9.96. The van der Waals surface area contributed by atoms with E-state index in [9.17, 15) is 5.11 Å². The van der Waals surface area contributed by atoms with Crippen molar-refractivity contribution in [2.45, 2.75) is 25.4 Å². The highest BCUT2D eigenvalue weighted by Crippen LogP contribution is 2.25. The first-order valence-corrected chi connectivity index (χ1v) is 6.52. The highest BCUT2D eigenvalue weighted by Gasteiger charge is 2.17. The number of halogens is 1. The normalized spacial score (nSPS) is 14.2. The Morgan fingerprint density at radius 2 is 1.61 bits per heavy atom. The summed E-state index contributed by atoms with van der Waals surface area (Å²) >= 11 is 5.88. The lowest BCUT2D eigenvalue weighted by molar-refractivity contribution is 0.161. The van der Waals surface area contributed by atoms with Gasteiger partial charge in [0.15, 0.2) is 0 Å². The summed E-state index contributed by atoms with van der Waals surface area (Å²) in [6.07, 6.45) is 0.446. The molecule has 1 nitrogen and oxygen atoms in total. The van der Waals surface area contributed by atoms with Gasteiger partial charge in [-0.25, -0.2) is 0 Å². The molecule has 0 aromatic heterocycles. The second-order valence-corrected chi connectivity index (χ2v) is 5.02. The zero-order chi connectivity index (χ0) is 13.0. The predicted molar refractivity (Wildman–Crippen MR) is 76.0 cm³/mol. The van der Waals surface area contributed by atoms with E-state index < -0.39 is 0 Å². The van der Waals surface area contributed by atoms with Crippen LogP contribution in [0.5, 0.6) is 0 Å². The van der Waals surface area contributed by atoms with Crippen LogP contribution in [0.2, 0.25) is 5.02 Å². The molecule has 0 saturated heterocycles. The molecule has 0 fully saturated rings. The van der Waals surface area contributed by atoms with Crippen LogP contribution < -0.4 is 0 Å². The van der Waals surface area contributed by atoms with Crippen molar-refractivity contribution in [2.24, 2.45) is 0 Å². The van der Waals surface area contributed by atoms with Crippen molar-refractivity contribution >= 4 is 11.6 Å². The molecule has 0 unspecified atom stereocenters. The summed E-state index contributed by atoms with van der Waals surface area (Å²) < 4.78 is 0. The van der Waals surface area contributed by atoms with Gasteiger partial charge in [-0.2, -0.15) is 0 Å². The molecule has 0 radical (unpaired) electrons. The SMILES string of the molecule is C[C@@H](O)[C@@H](Cc1ccc(Cl)cc1)c1ccccc1. The summed E-state index contributed by atoms with van der Waals surface area (Å²) in [6.45, 7) is 1.84. The Morgan fingerprint density at radius 1 is 1.00 bits per heavy atom. The van der Waals surface area contributed by atoms with Crippen molar-refractivity contribution < 1.29 is 5.11 Å². The Morgan fingerprint density at radius 3 is 2.17 bits per heavy atom. The van der Waals surface area contributed by atoms with Crippen molar-refractivity contribution in [1.29, 1.82) is 0 Å². The van der Waals surface area contributed by atoms with Crippen LogP contribution in [-0.2, 0) is 6.42 Å². The molecule has 2 heteroatoms. The predicted octanol–water partition coefficient (Wildman–Crippen LogP) is 4.05. The molecule has 18 heavy (non-hydrogen) atoms. The smallest absolute Gasteiger partial charge is 0.0583 e. The standard InChI is InChI=1S/C16H17ClO/c1-12(18)16(14-5-3-2-4-6-14)11-13-7-9-15(17)10-8-13/h2-10,12,16,18H,11H2,1H3/t12-,16-/m1/s1. The lowest BCUT2D eigenvalue weighted by Gasteiger charge is -2.20. The van der Waals surface area contributed by atoms with Gasteiger partial charge in [0, 0.05) is 10.9 Å². The fraction of sp³-hybridized carbons (Fsp3) is 0.250. The molecule has 2 aromatic carbocycles. The second kappa shape index (κ2) is 6.03. The maximum atomic E-state index is 9.96. The van der Waals surface area contributed by atoms with E-state index in [1.165, 1.54) is 11.1 Å². The van der Waals surface area contributed by atoms with Crippen LogP contribution in [0.15, 0.2) is 54.6 Å². The largest absolute Gasteiger partial charge is 0.393 e. The zero-order valence-electron chi connectivity index (χ0n) is 10.4. The molecule has 2 rings (SSSR count). The van der Waals surface area contributed by atoms with Gasteiger partial charge in [0.1, 0.15) is 0 Å². The molecule has 0 saturated carbocycles. The van der Waals surface area contributed by atoms with Crippen LogP contribution in [-0.4, -0.2) is 11.2 Å². The third kappa shape index (κ3) is 3.34. The van der Waals surface area contributed by atoms with E-state index in [4.69, 9.17) is 11.6 Å². The van der Waals surface area contributed by atoms with Crippen LogP contribution >= 0.6 is 11.6 Å². The Hall–Kier alpha value is -1.31. The molecule has 0 aliphatic heterocycles. The molecule has 0 bridgehead atoms. The molecule has 0 spiro atoms. The lowest BCUT2D eigenvalue weighted by Crippen LogP contribution is -2.17. The molecule has 2 atom stereocenters. The van der Waals surface area contributed by atoms with E-state index >= 15 is 0 Å². The van der Waals surface area contributed by atoms with Crippen molar-refractivity contribution in [1.82, 2.24) is 0 Å². The van der Waals surface area contributed by atoms with Gasteiger partial charge >= 0.3 is 0 Å². The molecular formula is C16H17ClO. The van der Waals surface area contributed by atoms with Crippen molar-refractivity contribution in [2.75, 3.05) is 0 Å². The average molecular weight is 261 g/mol. The summed E-state index contributed by atoms with van der Waals surface area (Å²) in [4.78, 5) is 0. The summed E-state index contributed by atoms with van der Waals surface area (Å²) in [5.74, 6) is 0.118. The first-order chi connectivity index (χ1) is 8.66. The van der Waals surface area contributed by atoms with E-state index in [-0.39, 0.29) is 12.0 Å². The third-order valence-electron chi connectivity index (χ3n) is 3.18. The van der Waals surface area contributed by atoms with Gasteiger partial charge in [-0.05, 0) is 36.6 Å². The molecule has 0 aliphatic carbocycles. The van der Waals surface area contributed by atoms with Gasteiger partial charge in [0.25, 0.3) is 0 Å². The monoisotopic (exact) mass is 260 g/mol. The maximum Gasteiger partial charge on any atom is 0.0583 e. The minimum absolute atomic E-state index is 0.118. The summed E-state index contributed by atoms with van der Waals surface area (Å²) in [5, 5.41) is 10.7. The van der Waals surface area contributed by atoms with E-state index in [1.807, 2.05) is 49.4 Å². The van der Waals surface area contributed by atoms with Crippen molar-refractivity contribution in [3.8, 4) is 0 Å². The Kier molecular flexibility index (Phi) is 4.40. The van der Waals surface area contributed by atoms with E-state index in [0.29, 0.717) is 0 Å². The molecule has 0 heterocycles. The van der Waals surface area contributed by atoms with Gasteiger partial charge in [0.2, 0.25) is 0 Å².